The third-order valence-electron chi connectivity index (χ3n) is 4.79. The summed E-state index contributed by atoms with van der Waals surface area (Å²) in [4.78, 5) is 11.0. The Bertz CT molecular complexity index is 971. The fraction of sp³-hybridized carbons (Fsp3) is 0.346. The number of rotatable bonds is 7. The van der Waals surface area contributed by atoms with E-state index in [-0.39, 0.29) is 0 Å². The van der Waals surface area contributed by atoms with Crippen LogP contribution in [0, 0.1) is 0 Å². The van der Waals surface area contributed by atoms with Crippen LogP contribution in [-0.4, -0.2) is 32.6 Å². The topological polar surface area (TPSA) is 54.3 Å². The van der Waals surface area contributed by atoms with Gasteiger partial charge in [0, 0.05) is 38.2 Å². The second kappa shape index (κ2) is 16.0. The summed E-state index contributed by atoms with van der Waals surface area (Å²) in [5.74, 6) is 0. The number of hydrogen-bond acceptors (Lipinski definition) is 2. The monoisotopic (exact) mass is 455 g/mol. The summed E-state index contributed by atoms with van der Waals surface area (Å²) in [6.45, 7) is 13.7. The molecule has 5 nitrogen and oxygen atoms in total. The molecule has 1 atom stereocenters. The third-order valence-corrected chi connectivity index (χ3v) is 6.30. The normalized spacial score (nSPS) is 15.5. The highest BCUT2D eigenvalue weighted by Gasteiger charge is 2.17. The van der Waals surface area contributed by atoms with Gasteiger partial charge >= 0.3 is 0 Å². The maximum absolute atomic E-state index is 12.3. The van der Waals surface area contributed by atoms with Crippen LogP contribution >= 0.6 is 0 Å². The van der Waals surface area contributed by atoms with E-state index in [0.717, 1.165) is 41.7 Å². The van der Waals surface area contributed by atoms with Crippen LogP contribution in [0.1, 0.15) is 38.7 Å². The van der Waals surface area contributed by atoms with Gasteiger partial charge in [0.15, 0.2) is 0 Å². The zero-order chi connectivity index (χ0) is 23.8. The standard InChI is InChI=1S/C13H18N2O2S.C11H13N.C2H6/c16-11-14-10-12-4-6-13(7-5-12)18(17)15-8-2-1-3-9-15;1-4-6-10-8-9-12(3)11(10)7-5-2;1-2/h4-7,11H,1-3,8-10H2,(H,14,16);4-9H,1-2H2,3H3;1-2H3/b;10-6-,11-7+;. The molecule has 1 saturated heterocycles. The number of carbonyl (C=O) groups is 1. The lowest BCUT2D eigenvalue weighted by molar-refractivity contribution is -0.109. The average Bonchev–Trinajstić information content (AvgIpc) is 3.19. The SMILES string of the molecule is C=C/C=c1/ccn(C)/c1=C/C=C.CC.O=CNCc1ccc(S(=O)N2CCCCC2)cc1. The van der Waals surface area contributed by atoms with Crippen molar-refractivity contribution in [2.75, 3.05) is 13.1 Å². The Labute approximate surface area is 195 Å². The number of aromatic nitrogens is 1. The summed E-state index contributed by atoms with van der Waals surface area (Å²) >= 11 is 0. The number of hydrogen-bond donors (Lipinski definition) is 1. The quantitative estimate of drug-likeness (QED) is 0.651. The van der Waals surface area contributed by atoms with Crippen LogP contribution in [0.15, 0.2) is 66.7 Å². The Hall–Kier alpha value is -2.70. The fourth-order valence-corrected chi connectivity index (χ4v) is 4.47. The summed E-state index contributed by atoms with van der Waals surface area (Å²) in [5, 5.41) is 4.94. The van der Waals surface area contributed by atoms with E-state index in [4.69, 9.17) is 0 Å². The van der Waals surface area contributed by atoms with Gasteiger partial charge in [-0.25, -0.2) is 8.51 Å². The largest absolute Gasteiger partial charge is 0.355 e. The molecule has 1 aliphatic rings. The third kappa shape index (κ3) is 8.81. The number of piperidine rings is 1. The second-order valence-corrected chi connectivity index (χ2v) is 8.44. The number of nitrogens with one attached hydrogen (secondary N) is 1. The number of allylic oxidation sites excluding steroid dienone is 2. The van der Waals surface area contributed by atoms with Crippen molar-refractivity contribution in [1.29, 1.82) is 0 Å². The smallest absolute Gasteiger partial charge is 0.207 e. The van der Waals surface area contributed by atoms with Crippen LogP contribution in [0.5, 0.6) is 0 Å². The van der Waals surface area contributed by atoms with E-state index >= 15 is 0 Å². The predicted octanol–water partition coefficient (Wildman–Crippen LogP) is 3.43. The van der Waals surface area contributed by atoms with E-state index in [1.54, 1.807) is 12.2 Å². The fourth-order valence-electron chi connectivity index (χ4n) is 3.22. The highest BCUT2D eigenvalue weighted by atomic mass is 32.2. The van der Waals surface area contributed by atoms with Gasteiger partial charge in [-0.2, -0.15) is 0 Å². The van der Waals surface area contributed by atoms with Crippen LogP contribution in [0.4, 0.5) is 0 Å². The molecule has 1 amide bonds. The molecule has 3 rings (SSSR count). The van der Waals surface area contributed by atoms with E-state index in [9.17, 15) is 9.00 Å². The Kier molecular flexibility index (Phi) is 13.7. The highest BCUT2D eigenvalue weighted by molar-refractivity contribution is 7.82. The van der Waals surface area contributed by atoms with Crippen molar-refractivity contribution < 1.29 is 9.00 Å². The van der Waals surface area contributed by atoms with Crippen LogP contribution in [0.25, 0.3) is 12.2 Å². The van der Waals surface area contributed by atoms with Crippen molar-refractivity contribution >= 4 is 29.5 Å². The van der Waals surface area contributed by atoms with Gasteiger partial charge in [-0.3, -0.25) is 4.79 Å². The van der Waals surface area contributed by atoms with Gasteiger partial charge in [0.2, 0.25) is 6.41 Å². The van der Waals surface area contributed by atoms with Gasteiger partial charge in [-0.1, -0.05) is 63.8 Å². The zero-order valence-corrected chi connectivity index (χ0v) is 20.4. The molecule has 1 N–H and O–H groups in total. The van der Waals surface area contributed by atoms with Crippen molar-refractivity contribution in [3.8, 4) is 0 Å². The molecule has 0 spiro atoms. The number of carbonyl (C=O) groups excluding carboxylic acids is 1. The number of amides is 1. The Morgan fingerprint density at radius 2 is 1.62 bits per heavy atom. The molecule has 6 heteroatoms. The molecular formula is C26H37N3O2S. The molecule has 1 aromatic carbocycles. The average molecular weight is 456 g/mol. The first-order valence-electron chi connectivity index (χ1n) is 11.1. The molecule has 0 radical (unpaired) electrons. The van der Waals surface area contributed by atoms with E-state index in [1.807, 2.05) is 67.8 Å². The minimum absolute atomic E-state index is 0.514. The van der Waals surface area contributed by atoms with E-state index in [2.05, 4.69) is 29.1 Å². The van der Waals surface area contributed by atoms with E-state index in [0.29, 0.717) is 13.0 Å². The molecule has 0 saturated carbocycles. The van der Waals surface area contributed by atoms with Gasteiger partial charge in [0.05, 0.1) is 4.90 Å². The van der Waals surface area contributed by atoms with Gasteiger partial charge < -0.3 is 9.88 Å². The molecule has 1 aliphatic heterocycles. The van der Waals surface area contributed by atoms with Crippen molar-refractivity contribution in [2.24, 2.45) is 7.05 Å². The van der Waals surface area contributed by atoms with Gasteiger partial charge in [0.25, 0.3) is 0 Å². The predicted molar refractivity (Wildman–Crippen MR) is 137 cm³/mol. The summed E-state index contributed by atoms with van der Waals surface area (Å²) in [6.07, 6.45) is 13.7. The van der Waals surface area contributed by atoms with Gasteiger partial charge in [0.1, 0.15) is 11.0 Å². The van der Waals surface area contributed by atoms with E-state index < -0.39 is 11.0 Å². The lowest BCUT2D eigenvalue weighted by Gasteiger charge is -2.25. The first-order valence-corrected chi connectivity index (χ1v) is 12.2. The van der Waals surface area contributed by atoms with Gasteiger partial charge in [-0.05, 0) is 47.9 Å². The summed E-state index contributed by atoms with van der Waals surface area (Å²) in [7, 11) is 0.969. The number of nitrogens with zero attached hydrogens (tertiary/aromatic N) is 2. The summed E-state index contributed by atoms with van der Waals surface area (Å²) < 4.78 is 16.4. The van der Waals surface area contributed by atoms with Crippen LogP contribution in [-0.2, 0) is 29.4 Å². The van der Waals surface area contributed by atoms with Crippen molar-refractivity contribution in [1.82, 2.24) is 14.2 Å². The molecular weight excluding hydrogens is 418 g/mol. The first-order chi connectivity index (χ1) is 15.6. The van der Waals surface area contributed by atoms with Crippen molar-refractivity contribution in [3.05, 3.63) is 78.0 Å². The molecule has 2 aromatic rings. The van der Waals surface area contributed by atoms with Gasteiger partial charge in [-0.15, -0.1) is 0 Å². The molecule has 1 aromatic heterocycles. The second-order valence-electron chi connectivity index (χ2n) is 6.95. The van der Waals surface area contributed by atoms with Crippen LogP contribution in [0.3, 0.4) is 0 Å². The molecule has 1 fully saturated rings. The summed E-state index contributed by atoms with van der Waals surface area (Å²) in [5.41, 5.74) is 1.02. The van der Waals surface area contributed by atoms with Crippen molar-refractivity contribution in [2.45, 2.75) is 44.6 Å². The highest BCUT2D eigenvalue weighted by Crippen LogP contribution is 2.17. The Morgan fingerprint density at radius 3 is 2.19 bits per heavy atom. The maximum Gasteiger partial charge on any atom is 0.207 e. The Balaban J connectivity index is 0.000000318. The number of benzene rings is 1. The number of aryl methyl sites for hydroxylation is 1. The lowest BCUT2D eigenvalue weighted by Crippen LogP contribution is -2.31. The molecule has 1 unspecified atom stereocenters. The lowest BCUT2D eigenvalue weighted by atomic mass is 10.2. The molecule has 32 heavy (non-hydrogen) atoms. The Morgan fingerprint density at radius 1 is 1.00 bits per heavy atom. The van der Waals surface area contributed by atoms with Crippen LogP contribution < -0.4 is 15.9 Å². The minimum Gasteiger partial charge on any atom is -0.355 e. The zero-order valence-electron chi connectivity index (χ0n) is 19.6. The van der Waals surface area contributed by atoms with Crippen LogP contribution in [0.2, 0.25) is 0 Å². The molecule has 0 aliphatic carbocycles. The van der Waals surface area contributed by atoms with Crippen molar-refractivity contribution in [3.63, 3.8) is 0 Å². The minimum atomic E-state index is -1.04. The molecule has 174 valence electrons. The molecule has 2 heterocycles. The maximum atomic E-state index is 12.3. The molecule has 0 bridgehead atoms. The summed E-state index contributed by atoms with van der Waals surface area (Å²) in [6, 6.07) is 9.64. The first kappa shape index (κ1) is 27.3. The van der Waals surface area contributed by atoms with E-state index in [1.165, 1.54) is 11.6 Å².